The van der Waals surface area contributed by atoms with Crippen LogP contribution >= 0.6 is 0 Å². The fourth-order valence-corrected chi connectivity index (χ4v) is 4.26. The van der Waals surface area contributed by atoms with Gasteiger partial charge in [0.05, 0.1) is 4.90 Å². The van der Waals surface area contributed by atoms with Crippen molar-refractivity contribution in [1.29, 1.82) is 0 Å². The average Bonchev–Trinajstić information content (AvgIpc) is 2.86. The lowest BCUT2D eigenvalue weighted by Gasteiger charge is -2.18. The summed E-state index contributed by atoms with van der Waals surface area (Å²) < 4.78 is 26.8. The second-order valence-electron chi connectivity index (χ2n) is 5.61. The van der Waals surface area contributed by atoms with Gasteiger partial charge in [0.2, 0.25) is 10.0 Å². The first-order valence-electron chi connectivity index (χ1n) is 7.28. The zero-order valence-electron chi connectivity index (χ0n) is 12.5. The molecule has 1 heterocycles. The van der Waals surface area contributed by atoms with Crippen molar-refractivity contribution in [2.24, 2.45) is 5.92 Å². The maximum atomic E-state index is 12.6. The molecule has 2 atom stereocenters. The molecule has 1 aliphatic rings. The number of nitrogens with one attached hydrogen (secondary N) is 1. The zero-order chi connectivity index (χ0) is 14.8. The van der Waals surface area contributed by atoms with E-state index < -0.39 is 10.0 Å². The molecule has 4 nitrogen and oxygen atoms in total. The highest BCUT2D eigenvalue weighted by molar-refractivity contribution is 7.89. The molecule has 0 spiro atoms. The van der Waals surface area contributed by atoms with Gasteiger partial charge in [-0.15, -0.1) is 0 Å². The molecule has 0 saturated carbocycles. The fourth-order valence-electron chi connectivity index (χ4n) is 2.63. The number of hydrogen-bond acceptors (Lipinski definition) is 3. The molecule has 20 heavy (non-hydrogen) atoms. The van der Waals surface area contributed by atoms with Gasteiger partial charge in [-0.3, -0.25) is 0 Å². The lowest BCUT2D eigenvalue weighted by atomic mass is 10.1. The molecule has 0 bridgehead atoms. The lowest BCUT2D eigenvalue weighted by molar-refractivity contribution is 0.464. The number of nitrogens with zero attached hydrogens (tertiary/aromatic N) is 1. The van der Waals surface area contributed by atoms with Crippen molar-refractivity contribution in [1.82, 2.24) is 9.62 Å². The van der Waals surface area contributed by atoms with Crippen LogP contribution in [0.3, 0.4) is 0 Å². The van der Waals surface area contributed by atoms with Crippen molar-refractivity contribution in [3.05, 3.63) is 29.8 Å². The van der Waals surface area contributed by atoms with Crippen LogP contribution in [0.2, 0.25) is 0 Å². The Morgan fingerprint density at radius 1 is 1.45 bits per heavy atom. The first-order chi connectivity index (χ1) is 9.45. The van der Waals surface area contributed by atoms with Gasteiger partial charge < -0.3 is 5.32 Å². The lowest BCUT2D eigenvalue weighted by Crippen LogP contribution is -2.29. The molecular formula is C15H24N2O2S. The highest BCUT2D eigenvalue weighted by Crippen LogP contribution is 2.25. The van der Waals surface area contributed by atoms with Crippen molar-refractivity contribution in [2.45, 2.75) is 38.1 Å². The van der Waals surface area contributed by atoms with Gasteiger partial charge in [-0.25, -0.2) is 8.42 Å². The number of sulfonamides is 1. The summed E-state index contributed by atoms with van der Waals surface area (Å²) in [6.07, 6.45) is 0.951. The van der Waals surface area contributed by atoms with Crippen molar-refractivity contribution >= 4 is 10.0 Å². The summed E-state index contributed by atoms with van der Waals surface area (Å²) >= 11 is 0. The van der Waals surface area contributed by atoms with E-state index in [2.05, 4.69) is 12.2 Å². The summed E-state index contributed by atoms with van der Waals surface area (Å²) in [6, 6.07) is 7.45. The van der Waals surface area contributed by atoms with Gasteiger partial charge in [-0.05, 0) is 43.5 Å². The van der Waals surface area contributed by atoms with E-state index in [0.717, 1.165) is 18.5 Å². The van der Waals surface area contributed by atoms with Crippen LogP contribution in [-0.2, 0) is 10.0 Å². The van der Waals surface area contributed by atoms with Gasteiger partial charge in [0.25, 0.3) is 0 Å². The number of hydrogen-bond donors (Lipinski definition) is 1. The highest BCUT2D eigenvalue weighted by atomic mass is 32.2. The maximum absolute atomic E-state index is 12.6. The van der Waals surface area contributed by atoms with E-state index in [4.69, 9.17) is 0 Å². The van der Waals surface area contributed by atoms with Gasteiger partial charge in [-0.2, -0.15) is 4.31 Å². The van der Waals surface area contributed by atoms with Crippen LogP contribution in [0.4, 0.5) is 0 Å². The largest absolute Gasteiger partial charge is 0.310 e. The van der Waals surface area contributed by atoms with E-state index in [0.29, 0.717) is 23.9 Å². The molecule has 2 rings (SSSR count). The van der Waals surface area contributed by atoms with Gasteiger partial charge in [-0.1, -0.05) is 26.0 Å². The normalized spacial score (nSPS) is 22.1. The van der Waals surface area contributed by atoms with Crippen molar-refractivity contribution in [2.75, 3.05) is 19.6 Å². The Bertz CT molecular complexity index is 557. The van der Waals surface area contributed by atoms with Crippen molar-refractivity contribution in [3.8, 4) is 0 Å². The fraction of sp³-hybridized carbons (Fsp3) is 0.600. The summed E-state index contributed by atoms with van der Waals surface area (Å²) in [6.45, 7) is 8.32. The molecule has 1 aliphatic heterocycles. The Balaban J connectivity index is 2.26. The van der Waals surface area contributed by atoms with Crippen LogP contribution in [0.1, 0.15) is 38.8 Å². The predicted molar refractivity (Wildman–Crippen MR) is 81.1 cm³/mol. The zero-order valence-corrected chi connectivity index (χ0v) is 13.3. The quantitative estimate of drug-likeness (QED) is 0.907. The Hall–Kier alpha value is -0.910. The predicted octanol–water partition coefficient (Wildman–Crippen LogP) is 2.39. The van der Waals surface area contributed by atoms with Crippen molar-refractivity contribution < 1.29 is 8.42 Å². The maximum Gasteiger partial charge on any atom is 0.243 e. The smallest absolute Gasteiger partial charge is 0.243 e. The molecule has 1 aromatic carbocycles. The SMILES string of the molecule is CCNC(C)c1cccc(S(=O)(=O)N2CCC(C)C2)c1. The summed E-state index contributed by atoms with van der Waals surface area (Å²) in [5, 5.41) is 3.31. The average molecular weight is 296 g/mol. The molecule has 0 aliphatic carbocycles. The Labute approximate surface area is 122 Å². The van der Waals surface area contributed by atoms with Gasteiger partial charge >= 0.3 is 0 Å². The number of benzene rings is 1. The van der Waals surface area contributed by atoms with Gasteiger partial charge in [0.1, 0.15) is 0 Å². The molecule has 0 aromatic heterocycles. The molecule has 2 unspecified atom stereocenters. The number of rotatable bonds is 5. The summed E-state index contributed by atoms with van der Waals surface area (Å²) in [5.41, 5.74) is 1.01. The molecule has 1 saturated heterocycles. The first-order valence-corrected chi connectivity index (χ1v) is 8.72. The highest BCUT2D eigenvalue weighted by Gasteiger charge is 2.30. The monoisotopic (exact) mass is 296 g/mol. The molecule has 1 aromatic rings. The standard InChI is InChI=1S/C15H24N2O2S/c1-4-16-13(3)14-6-5-7-15(10-14)20(18,19)17-9-8-12(2)11-17/h5-7,10,12-13,16H,4,8-9,11H2,1-3H3. The molecule has 0 amide bonds. The van der Waals surface area contributed by atoms with E-state index >= 15 is 0 Å². The second kappa shape index (κ2) is 6.24. The Morgan fingerprint density at radius 3 is 2.80 bits per heavy atom. The molecule has 1 N–H and O–H groups in total. The van der Waals surface area contributed by atoms with Crippen molar-refractivity contribution in [3.63, 3.8) is 0 Å². The van der Waals surface area contributed by atoms with Crippen LogP contribution in [-0.4, -0.2) is 32.4 Å². The third-order valence-corrected chi connectivity index (χ3v) is 5.75. The summed E-state index contributed by atoms with van der Waals surface area (Å²) in [5.74, 6) is 0.452. The van der Waals surface area contributed by atoms with E-state index in [1.165, 1.54) is 0 Å². The van der Waals surface area contributed by atoms with E-state index in [1.807, 2.05) is 26.0 Å². The van der Waals surface area contributed by atoms with Gasteiger partial charge in [0.15, 0.2) is 0 Å². The topological polar surface area (TPSA) is 49.4 Å². The van der Waals surface area contributed by atoms with Crippen LogP contribution in [0.25, 0.3) is 0 Å². The third-order valence-electron chi connectivity index (χ3n) is 3.89. The van der Waals surface area contributed by atoms with E-state index in [-0.39, 0.29) is 6.04 Å². The minimum absolute atomic E-state index is 0.160. The van der Waals surface area contributed by atoms with Crippen LogP contribution < -0.4 is 5.32 Å². The second-order valence-corrected chi connectivity index (χ2v) is 7.55. The Kier molecular flexibility index (Phi) is 4.83. The minimum atomic E-state index is -3.34. The third kappa shape index (κ3) is 3.22. The van der Waals surface area contributed by atoms with Gasteiger partial charge in [0, 0.05) is 19.1 Å². The minimum Gasteiger partial charge on any atom is -0.310 e. The van der Waals surface area contributed by atoms with Crippen LogP contribution in [0, 0.1) is 5.92 Å². The molecule has 0 radical (unpaired) electrons. The Morgan fingerprint density at radius 2 is 2.20 bits per heavy atom. The molecule has 5 heteroatoms. The van der Waals surface area contributed by atoms with E-state index in [9.17, 15) is 8.42 Å². The molecular weight excluding hydrogens is 272 g/mol. The molecule has 1 fully saturated rings. The first kappa shape index (κ1) is 15.5. The van der Waals surface area contributed by atoms with Crippen LogP contribution in [0.15, 0.2) is 29.2 Å². The summed E-state index contributed by atoms with van der Waals surface area (Å²) in [7, 11) is -3.34. The summed E-state index contributed by atoms with van der Waals surface area (Å²) in [4.78, 5) is 0.411. The van der Waals surface area contributed by atoms with E-state index in [1.54, 1.807) is 16.4 Å². The molecule has 112 valence electrons. The van der Waals surface area contributed by atoms with Crippen LogP contribution in [0.5, 0.6) is 0 Å².